The summed E-state index contributed by atoms with van der Waals surface area (Å²) in [4.78, 5) is 10.2. The second-order valence-electron chi connectivity index (χ2n) is 26.9. The molecule has 24 rings (SSSR count). The molecule has 0 saturated heterocycles. The van der Waals surface area contributed by atoms with Gasteiger partial charge in [-0.2, -0.15) is 0 Å². The SMILES string of the molecule is c1ccc(-n2c3ccccc3c3cc(-n4c5ccccc5c5cc6c7cc(-c8cccc(-n9c%10ccc(-n%11c%12ccccc%12c%12cc%13c%14ccccc%14n%14c%15cc%16ccccc%16cc%15c(c%12%11)c%13%14)cc%10c%10ccncc%109)c8)ccc7n7c8cc9ccccc9cc8c(c54)c67)cnc32)cc1. The van der Waals surface area contributed by atoms with E-state index in [2.05, 4.69) is 318 Å². The first kappa shape index (κ1) is 51.2. The van der Waals surface area contributed by atoms with Crippen molar-refractivity contribution < 1.29 is 0 Å². The smallest absolute Gasteiger partial charge is 0.145 e. The van der Waals surface area contributed by atoms with Gasteiger partial charge in [0, 0.05) is 109 Å². The quantitative estimate of drug-likeness (QED) is 0.172. The van der Waals surface area contributed by atoms with Crippen LogP contribution in [0, 0.1) is 0 Å². The minimum Gasteiger partial charge on any atom is -0.309 e. The second-order valence-corrected chi connectivity index (χ2v) is 26.9. The maximum absolute atomic E-state index is 5.40. The van der Waals surface area contributed by atoms with E-state index < -0.39 is 0 Å². The van der Waals surface area contributed by atoms with E-state index in [1.807, 2.05) is 12.4 Å². The Balaban J connectivity index is 0.703. The fraction of sp³-hybridized carbons (Fsp3) is 0. The molecular weight excluding hydrogens is 1190 g/mol. The molecule has 0 atom stereocenters. The van der Waals surface area contributed by atoms with Gasteiger partial charge in [-0.25, -0.2) is 4.98 Å². The summed E-state index contributed by atoms with van der Waals surface area (Å²) >= 11 is 0. The third-order valence-corrected chi connectivity index (χ3v) is 22.0. The molecule has 0 bridgehead atoms. The lowest BCUT2D eigenvalue weighted by Crippen LogP contribution is -1.98. The number of aromatic nitrogens is 8. The fourth-order valence-electron chi connectivity index (χ4n) is 18.0. The fourth-order valence-corrected chi connectivity index (χ4v) is 18.0. The Morgan fingerprint density at radius 2 is 0.673 bits per heavy atom. The van der Waals surface area contributed by atoms with Gasteiger partial charge in [-0.1, -0.05) is 158 Å². The van der Waals surface area contributed by atoms with Crippen LogP contribution in [0.1, 0.15) is 0 Å². The van der Waals surface area contributed by atoms with Crippen molar-refractivity contribution in [3.05, 3.63) is 304 Å². The standard InChI is InChI=1S/C90H50N8/c1-2-22-57(23-3-1)96-77-31-14-11-28-64(77)72-46-60(49-92-90(72)96)95-76-30-13-9-26-62(76)69-48-71-66-40-56(33-35-80(66)98-82-44-55-20-7-5-18-53(55)42-74(82)85(87(69)95)89(71)98)51-21-16-24-58(39-51)93-79-36-34-59(45-67(79)65-37-38-91-50-83(65)93)94-75-29-12-8-25-61(75)68-47-70-63-27-10-15-32-78(63)97-81-43-54-19-6-4-17-52(54)41-73(81)84(86(68)94)88(70)97/h1-50H. The highest BCUT2D eigenvalue weighted by atomic mass is 15.1. The van der Waals surface area contributed by atoms with Gasteiger partial charge in [0.15, 0.2) is 0 Å². The van der Waals surface area contributed by atoms with Crippen LogP contribution in [0.25, 0.3) is 219 Å². The molecule has 0 aliphatic carbocycles. The van der Waals surface area contributed by atoms with Crippen LogP contribution in [-0.2, 0) is 0 Å². The predicted molar refractivity (Wildman–Crippen MR) is 409 cm³/mol. The zero-order valence-corrected chi connectivity index (χ0v) is 52.4. The van der Waals surface area contributed by atoms with E-state index in [1.165, 1.54) is 147 Å². The zero-order chi connectivity index (χ0) is 63.3. The van der Waals surface area contributed by atoms with Gasteiger partial charge in [-0.15, -0.1) is 0 Å². The maximum Gasteiger partial charge on any atom is 0.145 e. The number of pyridine rings is 2. The van der Waals surface area contributed by atoms with Gasteiger partial charge < -0.3 is 22.5 Å². The van der Waals surface area contributed by atoms with Crippen LogP contribution >= 0.6 is 0 Å². The van der Waals surface area contributed by atoms with Gasteiger partial charge >= 0.3 is 0 Å². The highest BCUT2D eigenvalue weighted by molar-refractivity contribution is 6.37. The largest absolute Gasteiger partial charge is 0.309 e. The second kappa shape index (κ2) is 18.3. The predicted octanol–water partition coefficient (Wildman–Crippen LogP) is 23.1. The Morgan fingerprint density at radius 1 is 0.214 bits per heavy atom. The highest BCUT2D eigenvalue weighted by Gasteiger charge is 2.29. The van der Waals surface area contributed by atoms with Gasteiger partial charge in [0.05, 0.1) is 89.8 Å². The molecule has 0 aliphatic rings. The summed E-state index contributed by atoms with van der Waals surface area (Å²) in [6.07, 6.45) is 6.06. The average molecular weight is 1240 g/mol. The first-order valence-electron chi connectivity index (χ1n) is 33.7. The van der Waals surface area contributed by atoms with Gasteiger partial charge in [-0.05, 0) is 160 Å². The Bertz CT molecular complexity index is 7680. The maximum atomic E-state index is 5.40. The van der Waals surface area contributed by atoms with E-state index in [0.717, 1.165) is 72.4 Å². The number of para-hydroxylation sites is 5. The molecule has 10 aromatic heterocycles. The summed E-state index contributed by atoms with van der Waals surface area (Å²) in [5, 5.41) is 24.4. The third kappa shape index (κ3) is 6.44. The molecule has 98 heavy (non-hydrogen) atoms. The van der Waals surface area contributed by atoms with Gasteiger partial charge in [0.25, 0.3) is 0 Å². The molecule has 0 aliphatic heterocycles. The molecule has 8 heteroatoms. The Morgan fingerprint density at radius 3 is 1.34 bits per heavy atom. The number of fused-ring (bicyclic) bond motifs is 28. The molecule has 8 nitrogen and oxygen atoms in total. The summed E-state index contributed by atoms with van der Waals surface area (Å²) in [5.74, 6) is 0. The molecule has 0 radical (unpaired) electrons. The lowest BCUT2D eigenvalue weighted by Gasteiger charge is -2.12. The van der Waals surface area contributed by atoms with Crippen LogP contribution in [0.2, 0.25) is 0 Å². The Hall–Kier alpha value is -13.3. The zero-order valence-electron chi connectivity index (χ0n) is 52.4. The summed E-state index contributed by atoms with van der Waals surface area (Å²) in [6, 6.07) is 106. The van der Waals surface area contributed by atoms with Crippen molar-refractivity contribution in [1.29, 1.82) is 0 Å². The number of hydrogen-bond donors (Lipinski definition) is 0. The Kier molecular flexibility index (Phi) is 9.57. The number of benzene rings is 14. The molecule has 450 valence electrons. The normalized spacial score (nSPS) is 12.7. The Labute approximate surface area is 556 Å². The van der Waals surface area contributed by atoms with Gasteiger partial charge in [0.2, 0.25) is 0 Å². The van der Waals surface area contributed by atoms with Crippen LogP contribution in [0.15, 0.2) is 304 Å². The van der Waals surface area contributed by atoms with Gasteiger partial charge in [0.1, 0.15) is 5.65 Å². The summed E-state index contributed by atoms with van der Waals surface area (Å²) in [7, 11) is 0. The van der Waals surface area contributed by atoms with Crippen molar-refractivity contribution in [1.82, 2.24) is 37.0 Å². The van der Waals surface area contributed by atoms with Crippen LogP contribution in [0.5, 0.6) is 0 Å². The van der Waals surface area contributed by atoms with Crippen molar-refractivity contribution in [3.63, 3.8) is 0 Å². The van der Waals surface area contributed by atoms with E-state index in [0.29, 0.717) is 0 Å². The lowest BCUT2D eigenvalue weighted by molar-refractivity contribution is 1.11. The summed E-state index contributed by atoms with van der Waals surface area (Å²) in [5.41, 5.74) is 22.9. The molecule has 0 unspecified atom stereocenters. The first-order chi connectivity index (χ1) is 48.6. The van der Waals surface area contributed by atoms with Crippen LogP contribution in [0.3, 0.4) is 0 Å². The van der Waals surface area contributed by atoms with Crippen molar-refractivity contribution in [3.8, 4) is 33.9 Å². The van der Waals surface area contributed by atoms with Gasteiger partial charge in [-0.3, -0.25) is 9.55 Å². The van der Waals surface area contributed by atoms with Crippen LogP contribution in [-0.4, -0.2) is 37.0 Å². The molecule has 0 fully saturated rings. The first-order valence-corrected chi connectivity index (χ1v) is 33.7. The third-order valence-electron chi connectivity index (χ3n) is 22.0. The topological polar surface area (TPSA) is 54.3 Å². The van der Waals surface area contributed by atoms with E-state index in [9.17, 15) is 0 Å². The molecular formula is C90H50N8. The highest BCUT2D eigenvalue weighted by Crippen LogP contribution is 2.51. The molecule has 24 aromatic rings. The minimum absolute atomic E-state index is 0.936. The average Bonchev–Trinajstić information content (AvgIpc) is 1.56. The molecule has 0 amide bonds. The van der Waals surface area contributed by atoms with Crippen molar-refractivity contribution in [2.75, 3.05) is 0 Å². The lowest BCUT2D eigenvalue weighted by atomic mass is 9.99. The molecule has 0 N–H and O–H groups in total. The molecule has 0 saturated carbocycles. The molecule has 10 heterocycles. The van der Waals surface area contributed by atoms with Crippen molar-refractivity contribution >= 4 is 185 Å². The minimum atomic E-state index is 0.936. The molecule has 14 aromatic carbocycles. The van der Waals surface area contributed by atoms with E-state index in [-0.39, 0.29) is 0 Å². The molecule has 0 spiro atoms. The van der Waals surface area contributed by atoms with Crippen molar-refractivity contribution in [2.45, 2.75) is 0 Å². The monoisotopic (exact) mass is 1240 g/mol. The van der Waals surface area contributed by atoms with E-state index >= 15 is 0 Å². The van der Waals surface area contributed by atoms with Crippen LogP contribution < -0.4 is 0 Å². The number of rotatable bonds is 5. The van der Waals surface area contributed by atoms with Crippen LogP contribution in [0.4, 0.5) is 0 Å². The number of hydrogen-bond acceptors (Lipinski definition) is 2. The summed E-state index contributed by atoms with van der Waals surface area (Å²) < 4.78 is 14.8. The van der Waals surface area contributed by atoms with E-state index in [4.69, 9.17) is 9.97 Å². The number of nitrogens with zero attached hydrogens (tertiary/aromatic N) is 8. The van der Waals surface area contributed by atoms with Crippen molar-refractivity contribution in [2.24, 2.45) is 0 Å². The summed E-state index contributed by atoms with van der Waals surface area (Å²) in [6.45, 7) is 0. The van der Waals surface area contributed by atoms with E-state index in [1.54, 1.807) is 0 Å².